The molecular weight excluding hydrogens is 515 g/mol. The maximum Gasteiger partial charge on any atom is 0.213 e. The maximum atomic E-state index is 6.47. The molecule has 0 amide bonds. The number of halogens is 2. The van der Waals surface area contributed by atoms with E-state index in [0.29, 0.717) is 12.0 Å². The standard InChI is InChI=1S/C22H18BrIN2O/c23-16-8-11-18-20-13-19(14-6-9-17(24)10-7-14)25-26(20)22(27-21(18)12-16)15-4-2-1-3-5-15/h1-10,12,18,20,22H,11,13H2. The quantitative estimate of drug-likeness (QED) is 0.444. The number of hydrazone groups is 1. The van der Waals surface area contributed by atoms with Gasteiger partial charge in [-0.15, -0.1) is 0 Å². The van der Waals surface area contributed by atoms with E-state index in [4.69, 9.17) is 9.84 Å². The van der Waals surface area contributed by atoms with Gasteiger partial charge in [0.1, 0.15) is 5.76 Å². The Kier molecular flexibility index (Phi) is 4.60. The van der Waals surface area contributed by atoms with Crippen LogP contribution in [0, 0.1) is 9.49 Å². The molecule has 0 bridgehead atoms. The van der Waals surface area contributed by atoms with Crippen LogP contribution in [0.5, 0.6) is 0 Å². The molecule has 2 aliphatic heterocycles. The van der Waals surface area contributed by atoms with Gasteiger partial charge in [0, 0.05) is 26.0 Å². The molecule has 27 heavy (non-hydrogen) atoms. The molecule has 2 aromatic rings. The molecule has 0 aromatic heterocycles. The number of nitrogens with zero attached hydrogens (tertiary/aromatic N) is 2. The molecule has 1 fully saturated rings. The Bertz CT molecular complexity index is 952. The lowest BCUT2D eigenvalue weighted by molar-refractivity contribution is -0.105. The van der Waals surface area contributed by atoms with E-state index in [1.165, 1.54) is 9.13 Å². The third-order valence-corrected chi connectivity index (χ3v) is 6.68. The zero-order valence-corrected chi connectivity index (χ0v) is 18.3. The number of benzene rings is 2. The number of hydrogen-bond acceptors (Lipinski definition) is 3. The SMILES string of the molecule is BrC1=CCC2C(=C1)OC(c1ccccc1)N1N=C(c3ccc(I)cc3)CC21. The molecular formula is C22H18BrIN2O. The van der Waals surface area contributed by atoms with Gasteiger partial charge in [-0.05, 0) is 52.8 Å². The summed E-state index contributed by atoms with van der Waals surface area (Å²) >= 11 is 5.96. The van der Waals surface area contributed by atoms with Crippen molar-refractivity contribution in [3.05, 3.63) is 91.7 Å². The van der Waals surface area contributed by atoms with E-state index in [-0.39, 0.29) is 6.23 Å². The molecule has 0 saturated carbocycles. The van der Waals surface area contributed by atoms with E-state index >= 15 is 0 Å². The lowest BCUT2D eigenvalue weighted by atomic mass is 9.85. The third-order valence-electron chi connectivity index (χ3n) is 5.41. The van der Waals surface area contributed by atoms with E-state index in [0.717, 1.165) is 34.4 Å². The second-order valence-corrected chi connectivity index (χ2v) is 9.23. The van der Waals surface area contributed by atoms with Crippen molar-refractivity contribution in [3.63, 3.8) is 0 Å². The highest BCUT2D eigenvalue weighted by molar-refractivity contribution is 14.1. The summed E-state index contributed by atoms with van der Waals surface area (Å²) in [6, 6.07) is 19.4. The van der Waals surface area contributed by atoms with E-state index < -0.39 is 0 Å². The predicted molar refractivity (Wildman–Crippen MR) is 119 cm³/mol. The second kappa shape index (κ2) is 7.09. The van der Waals surface area contributed by atoms with Gasteiger partial charge in [-0.25, -0.2) is 5.01 Å². The van der Waals surface area contributed by atoms with Crippen molar-refractivity contribution >= 4 is 44.2 Å². The van der Waals surface area contributed by atoms with E-state index in [9.17, 15) is 0 Å². The van der Waals surface area contributed by atoms with Crippen molar-refractivity contribution < 1.29 is 4.74 Å². The molecule has 2 heterocycles. The average molecular weight is 533 g/mol. The van der Waals surface area contributed by atoms with Crippen LogP contribution in [-0.4, -0.2) is 16.8 Å². The Morgan fingerprint density at radius 2 is 1.85 bits per heavy atom. The fourth-order valence-electron chi connectivity index (χ4n) is 4.06. The normalized spacial score (nSPS) is 26.4. The van der Waals surface area contributed by atoms with Gasteiger partial charge in [-0.2, -0.15) is 5.10 Å². The Morgan fingerprint density at radius 3 is 2.63 bits per heavy atom. The third kappa shape index (κ3) is 3.25. The molecule has 0 radical (unpaired) electrons. The molecule has 3 unspecified atom stereocenters. The first kappa shape index (κ1) is 17.5. The van der Waals surface area contributed by atoms with Crippen LogP contribution in [0.15, 0.2) is 82.1 Å². The van der Waals surface area contributed by atoms with Gasteiger partial charge in [0.05, 0.1) is 11.8 Å². The average Bonchev–Trinajstić information content (AvgIpc) is 3.14. The molecule has 0 N–H and O–H groups in total. The highest BCUT2D eigenvalue weighted by Gasteiger charge is 2.46. The van der Waals surface area contributed by atoms with E-state index in [2.05, 4.69) is 104 Å². The molecule has 5 rings (SSSR count). The van der Waals surface area contributed by atoms with Crippen LogP contribution in [0.1, 0.15) is 30.2 Å². The number of ether oxygens (including phenoxy) is 1. The number of fused-ring (bicyclic) bond motifs is 3. The summed E-state index contributed by atoms with van der Waals surface area (Å²) in [6.07, 6.45) is 6.11. The smallest absolute Gasteiger partial charge is 0.213 e. The largest absolute Gasteiger partial charge is 0.469 e. The van der Waals surface area contributed by atoms with Gasteiger partial charge in [-0.1, -0.05) is 64.5 Å². The zero-order valence-electron chi connectivity index (χ0n) is 14.6. The van der Waals surface area contributed by atoms with Crippen LogP contribution in [-0.2, 0) is 4.74 Å². The number of allylic oxidation sites excluding steroid dienone is 3. The summed E-state index contributed by atoms with van der Waals surface area (Å²) < 4.78 is 8.82. The molecule has 2 aromatic carbocycles. The van der Waals surface area contributed by atoms with Crippen molar-refractivity contribution in [1.29, 1.82) is 0 Å². The van der Waals surface area contributed by atoms with E-state index in [1.807, 2.05) is 6.07 Å². The number of rotatable bonds is 2. The first-order valence-corrected chi connectivity index (χ1v) is 11.0. The van der Waals surface area contributed by atoms with Gasteiger partial charge in [-0.3, -0.25) is 0 Å². The lowest BCUT2D eigenvalue weighted by Gasteiger charge is -2.44. The van der Waals surface area contributed by atoms with Gasteiger partial charge in [0.25, 0.3) is 0 Å². The van der Waals surface area contributed by atoms with Crippen LogP contribution in [0.3, 0.4) is 0 Å². The molecule has 3 atom stereocenters. The van der Waals surface area contributed by atoms with Gasteiger partial charge < -0.3 is 4.74 Å². The molecule has 5 heteroatoms. The molecule has 136 valence electrons. The van der Waals surface area contributed by atoms with E-state index in [1.54, 1.807) is 0 Å². The predicted octanol–water partition coefficient (Wildman–Crippen LogP) is 5.98. The molecule has 1 saturated heterocycles. The summed E-state index contributed by atoms with van der Waals surface area (Å²) in [5, 5.41) is 7.23. The summed E-state index contributed by atoms with van der Waals surface area (Å²) in [4.78, 5) is 0. The zero-order chi connectivity index (χ0) is 18.4. The minimum absolute atomic E-state index is 0.182. The van der Waals surface area contributed by atoms with Crippen LogP contribution in [0.25, 0.3) is 0 Å². The van der Waals surface area contributed by atoms with Crippen molar-refractivity contribution in [2.75, 3.05) is 0 Å². The summed E-state index contributed by atoms with van der Waals surface area (Å²) in [5.74, 6) is 1.41. The second-order valence-electron chi connectivity index (χ2n) is 7.06. The summed E-state index contributed by atoms with van der Waals surface area (Å²) in [7, 11) is 0. The van der Waals surface area contributed by atoms with Crippen LogP contribution in [0.2, 0.25) is 0 Å². The summed E-state index contributed by atoms with van der Waals surface area (Å²) in [5.41, 5.74) is 3.49. The fourth-order valence-corrected chi connectivity index (χ4v) is 4.84. The maximum absolute atomic E-state index is 6.47. The highest BCUT2D eigenvalue weighted by Crippen LogP contribution is 2.46. The first-order chi connectivity index (χ1) is 13.2. The van der Waals surface area contributed by atoms with Crippen molar-refractivity contribution in [2.24, 2.45) is 11.0 Å². The number of hydrogen-bond donors (Lipinski definition) is 0. The fraction of sp³-hybridized carbons (Fsp3) is 0.227. The molecule has 3 nitrogen and oxygen atoms in total. The Balaban J connectivity index is 1.55. The lowest BCUT2D eigenvalue weighted by Crippen LogP contribution is -2.44. The minimum atomic E-state index is -0.182. The van der Waals surface area contributed by atoms with Gasteiger partial charge >= 0.3 is 0 Å². The Labute approximate surface area is 181 Å². The van der Waals surface area contributed by atoms with Gasteiger partial charge in [0.15, 0.2) is 0 Å². The topological polar surface area (TPSA) is 24.8 Å². The molecule has 3 aliphatic rings. The van der Waals surface area contributed by atoms with Crippen molar-refractivity contribution in [1.82, 2.24) is 5.01 Å². The van der Waals surface area contributed by atoms with Crippen molar-refractivity contribution in [2.45, 2.75) is 25.1 Å². The molecule has 0 spiro atoms. The monoisotopic (exact) mass is 532 g/mol. The Hall–Kier alpha value is -1.60. The minimum Gasteiger partial charge on any atom is -0.469 e. The van der Waals surface area contributed by atoms with Crippen LogP contribution < -0.4 is 0 Å². The Morgan fingerprint density at radius 1 is 1.07 bits per heavy atom. The van der Waals surface area contributed by atoms with Crippen LogP contribution >= 0.6 is 38.5 Å². The molecule has 1 aliphatic carbocycles. The van der Waals surface area contributed by atoms with Crippen LogP contribution in [0.4, 0.5) is 0 Å². The van der Waals surface area contributed by atoms with Gasteiger partial charge in [0.2, 0.25) is 6.23 Å². The highest BCUT2D eigenvalue weighted by atomic mass is 127. The summed E-state index contributed by atoms with van der Waals surface area (Å²) in [6.45, 7) is 0. The van der Waals surface area contributed by atoms with Crippen molar-refractivity contribution in [3.8, 4) is 0 Å². The first-order valence-electron chi connectivity index (χ1n) is 9.09.